The lowest BCUT2D eigenvalue weighted by atomic mass is 10.2. The van der Waals surface area contributed by atoms with Gasteiger partial charge in [0.05, 0.1) is 6.61 Å². The van der Waals surface area contributed by atoms with Gasteiger partial charge in [0, 0.05) is 5.56 Å². The molecule has 5 heteroatoms. The highest BCUT2D eigenvalue weighted by molar-refractivity contribution is 8.14. The van der Waals surface area contributed by atoms with Gasteiger partial charge >= 0.3 is 0 Å². The molecule has 0 aromatic heterocycles. The minimum absolute atomic E-state index is 0.0533. The van der Waals surface area contributed by atoms with Crippen molar-refractivity contribution >= 4 is 16.8 Å². The van der Waals surface area contributed by atoms with Crippen LogP contribution >= 0.6 is 11.8 Å². The van der Waals surface area contributed by atoms with E-state index < -0.39 is 0 Å². The Hall–Kier alpha value is -2.92. The normalized spacial score (nSPS) is 15.6. The van der Waals surface area contributed by atoms with E-state index in [9.17, 15) is 0 Å². The molecule has 0 unspecified atom stereocenters. The molecule has 4 rings (SSSR count). The summed E-state index contributed by atoms with van der Waals surface area (Å²) in [4.78, 5) is 0. The molecule has 0 aliphatic carbocycles. The van der Waals surface area contributed by atoms with Gasteiger partial charge in [-0.2, -0.15) is 5.10 Å². The summed E-state index contributed by atoms with van der Waals surface area (Å²) in [5, 5.41) is 5.54. The number of nitrogens with one attached hydrogen (secondary N) is 1. The van der Waals surface area contributed by atoms with Gasteiger partial charge in [-0.1, -0.05) is 78.5 Å². The van der Waals surface area contributed by atoms with Crippen molar-refractivity contribution in [2.75, 3.05) is 6.61 Å². The van der Waals surface area contributed by atoms with E-state index in [-0.39, 0.29) is 5.37 Å². The molecule has 3 aromatic rings. The monoisotopic (exact) mass is 390 g/mol. The molecular formula is C23H22N2O2S. The topological polar surface area (TPSA) is 42.8 Å². The Balaban J connectivity index is 1.47. The van der Waals surface area contributed by atoms with Crippen molar-refractivity contribution in [1.82, 2.24) is 5.43 Å². The third kappa shape index (κ3) is 4.31. The van der Waals surface area contributed by atoms with Gasteiger partial charge in [-0.3, -0.25) is 5.43 Å². The van der Waals surface area contributed by atoms with E-state index in [0.29, 0.717) is 13.2 Å². The number of thioether (sulfide) groups is 1. The lowest BCUT2D eigenvalue weighted by molar-refractivity contribution is 0.269. The van der Waals surface area contributed by atoms with Crippen molar-refractivity contribution in [1.29, 1.82) is 0 Å². The van der Waals surface area contributed by atoms with Crippen molar-refractivity contribution in [2.24, 2.45) is 5.10 Å². The predicted octanol–water partition coefficient (Wildman–Crippen LogP) is 5.36. The minimum atomic E-state index is 0.0533. The van der Waals surface area contributed by atoms with Crippen LogP contribution in [0.2, 0.25) is 0 Å². The molecule has 0 saturated carbocycles. The first-order valence-corrected chi connectivity index (χ1v) is 10.2. The summed E-state index contributed by atoms with van der Waals surface area (Å²) in [5.41, 5.74) is 6.58. The average molecular weight is 391 g/mol. The summed E-state index contributed by atoms with van der Waals surface area (Å²) >= 11 is 1.70. The molecule has 0 radical (unpaired) electrons. The van der Waals surface area contributed by atoms with E-state index in [1.54, 1.807) is 11.8 Å². The molecule has 1 heterocycles. The molecule has 0 fully saturated rings. The first kappa shape index (κ1) is 18.4. The summed E-state index contributed by atoms with van der Waals surface area (Å²) in [6, 6.07) is 26.4. The Bertz CT molecular complexity index is 945. The largest absolute Gasteiger partial charge is 0.490 e. The Morgan fingerprint density at radius 3 is 2.39 bits per heavy atom. The van der Waals surface area contributed by atoms with Crippen molar-refractivity contribution < 1.29 is 9.47 Å². The predicted molar refractivity (Wildman–Crippen MR) is 115 cm³/mol. The zero-order chi connectivity index (χ0) is 19.2. The average Bonchev–Trinajstić information content (AvgIpc) is 3.25. The van der Waals surface area contributed by atoms with Gasteiger partial charge in [-0.05, 0) is 30.2 Å². The SMILES string of the molecule is CCOc1cc([C@@H]2NN=C(c3ccccc3)S2)ccc1OCc1ccccc1. The van der Waals surface area contributed by atoms with Gasteiger partial charge in [0.25, 0.3) is 0 Å². The van der Waals surface area contributed by atoms with E-state index >= 15 is 0 Å². The van der Waals surface area contributed by atoms with Crippen LogP contribution in [-0.2, 0) is 6.61 Å². The van der Waals surface area contributed by atoms with E-state index in [4.69, 9.17) is 9.47 Å². The second-order valence-corrected chi connectivity index (χ2v) is 7.42. The fraction of sp³-hybridized carbons (Fsp3) is 0.174. The van der Waals surface area contributed by atoms with Gasteiger partial charge in [-0.25, -0.2) is 0 Å². The summed E-state index contributed by atoms with van der Waals surface area (Å²) in [6.07, 6.45) is 0. The molecule has 0 bridgehead atoms. The number of nitrogens with zero attached hydrogens (tertiary/aromatic N) is 1. The summed E-state index contributed by atoms with van der Waals surface area (Å²) in [6.45, 7) is 3.08. The summed E-state index contributed by atoms with van der Waals surface area (Å²) in [7, 11) is 0. The number of hydrazone groups is 1. The Labute approximate surface area is 169 Å². The summed E-state index contributed by atoms with van der Waals surface area (Å²) in [5.74, 6) is 1.51. The van der Waals surface area contributed by atoms with Crippen LogP contribution in [0.3, 0.4) is 0 Å². The molecule has 0 amide bonds. The van der Waals surface area contributed by atoms with Gasteiger partial charge in [-0.15, -0.1) is 0 Å². The molecule has 1 atom stereocenters. The molecule has 4 nitrogen and oxygen atoms in total. The van der Waals surface area contributed by atoms with Gasteiger partial charge < -0.3 is 9.47 Å². The Kier molecular flexibility index (Phi) is 5.83. The van der Waals surface area contributed by atoms with E-state index in [1.807, 2.05) is 55.5 Å². The highest BCUT2D eigenvalue weighted by atomic mass is 32.2. The molecule has 1 aliphatic rings. The van der Waals surface area contributed by atoms with E-state index in [0.717, 1.165) is 33.2 Å². The number of hydrogen-bond donors (Lipinski definition) is 1. The molecule has 0 saturated heterocycles. The second-order valence-electron chi connectivity index (χ2n) is 6.32. The van der Waals surface area contributed by atoms with Gasteiger partial charge in [0.15, 0.2) is 11.5 Å². The summed E-state index contributed by atoms with van der Waals surface area (Å²) < 4.78 is 11.8. The van der Waals surface area contributed by atoms with Crippen LogP contribution in [0.1, 0.15) is 29.0 Å². The van der Waals surface area contributed by atoms with Gasteiger partial charge in [0.2, 0.25) is 0 Å². The third-order valence-electron chi connectivity index (χ3n) is 4.34. The van der Waals surface area contributed by atoms with Crippen molar-refractivity contribution in [2.45, 2.75) is 18.9 Å². The maximum Gasteiger partial charge on any atom is 0.161 e. The maximum absolute atomic E-state index is 6.00. The molecule has 1 N–H and O–H groups in total. The van der Waals surface area contributed by atoms with Crippen molar-refractivity contribution in [3.05, 3.63) is 95.6 Å². The number of benzene rings is 3. The smallest absolute Gasteiger partial charge is 0.161 e. The van der Waals surface area contributed by atoms with Gasteiger partial charge in [0.1, 0.15) is 17.0 Å². The second kappa shape index (κ2) is 8.85. The van der Waals surface area contributed by atoms with Crippen molar-refractivity contribution in [3.63, 3.8) is 0 Å². The third-order valence-corrected chi connectivity index (χ3v) is 5.50. The van der Waals surface area contributed by atoms with Crippen LogP contribution in [0.5, 0.6) is 11.5 Å². The molecule has 0 spiro atoms. The molecule has 1 aliphatic heterocycles. The number of ether oxygens (including phenoxy) is 2. The minimum Gasteiger partial charge on any atom is -0.490 e. The molecule has 28 heavy (non-hydrogen) atoms. The van der Waals surface area contributed by atoms with Crippen molar-refractivity contribution in [3.8, 4) is 11.5 Å². The van der Waals surface area contributed by atoms with E-state index in [1.165, 1.54) is 0 Å². The fourth-order valence-electron chi connectivity index (χ4n) is 2.95. The van der Waals surface area contributed by atoms with E-state index in [2.05, 4.69) is 40.9 Å². The quantitative estimate of drug-likeness (QED) is 0.590. The maximum atomic E-state index is 6.00. The van der Waals surface area contributed by atoms with Crippen LogP contribution in [0.4, 0.5) is 0 Å². The van der Waals surface area contributed by atoms with Crippen LogP contribution in [0.15, 0.2) is 84.0 Å². The standard InChI is InChI=1S/C23H22N2O2S/c1-2-26-21-15-19(13-14-20(21)27-16-17-9-5-3-6-10-17)23-25-24-22(28-23)18-11-7-4-8-12-18/h3-15,23,25H,2,16H2,1H3/t23-/m1/s1. The zero-order valence-corrected chi connectivity index (χ0v) is 16.5. The van der Waals surface area contributed by atoms with Crippen LogP contribution < -0.4 is 14.9 Å². The highest BCUT2D eigenvalue weighted by Gasteiger charge is 2.23. The number of hydrogen-bond acceptors (Lipinski definition) is 5. The van der Waals surface area contributed by atoms with Crippen LogP contribution in [-0.4, -0.2) is 11.7 Å². The molecular weight excluding hydrogens is 368 g/mol. The lowest BCUT2D eigenvalue weighted by Crippen LogP contribution is -2.07. The Morgan fingerprint density at radius 2 is 1.64 bits per heavy atom. The van der Waals surface area contributed by atoms with Crippen LogP contribution in [0.25, 0.3) is 0 Å². The lowest BCUT2D eigenvalue weighted by Gasteiger charge is -2.16. The highest BCUT2D eigenvalue weighted by Crippen LogP contribution is 2.38. The number of rotatable bonds is 7. The first-order valence-electron chi connectivity index (χ1n) is 9.32. The first-order chi connectivity index (χ1) is 13.8. The van der Waals surface area contributed by atoms with Crippen LogP contribution in [0, 0.1) is 0 Å². The fourth-order valence-corrected chi connectivity index (χ4v) is 3.94. The zero-order valence-electron chi connectivity index (χ0n) is 15.7. The Morgan fingerprint density at radius 1 is 0.893 bits per heavy atom. The molecule has 142 valence electrons. The molecule has 3 aromatic carbocycles.